The third-order valence-corrected chi connectivity index (χ3v) is 1.81. The minimum atomic E-state index is -0.286. The zero-order valence-electron chi connectivity index (χ0n) is 6.51. The van der Waals surface area contributed by atoms with E-state index in [4.69, 9.17) is 9.92 Å². The molecule has 4 heteroatoms. The molecule has 2 N–H and O–H groups in total. The smallest absolute Gasteiger partial charge is 0.314 e. The fraction of sp³-hybridized carbons (Fsp3) is 0.833. The fourth-order valence-corrected chi connectivity index (χ4v) is 0.616. The van der Waals surface area contributed by atoms with E-state index in [1.54, 1.807) is 0 Å². The van der Waals surface area contributed by atoms with E-state index in [9.17, 15) is 4.79 Å². The quantitative estimate of drug-likeness (QED) is 0.629. The maximum Gasteiger partial charge on any atom is 0.314 e. The third kappa shape index (κ3) is 4.64. The Hall–Kier alpha value is -0.220. The van der Waals surface area contributed by atoms with Crippen molar-refractivity contribution in [2.45, 2.75) is 25.5 Å². The van der Waals surface area contributed by atoms with Crippen LogP contribution in [0.15, 0.2) is 0 Å². The Morgan fingerprint density at radius 1 is 1.70 bits per heavy atom. The SMILES string of the molecule is CC(=O)OSC(C)(C)CN. The number of rotatable bonds is 3. The molecule has 0 saturated heterocycles. The summed E-state index contributed by atoms with van der Waals surface area (Å²) in [4.78, 5) is 10.3. The summed E-state index contributed by atoms with van der Waals surface area (Å²) in [6.07, 6.45) is 0. The molecular weight excluding hydrogens is 150 g/mol. The molecule has 60 valence electrons. The average Bonchev–Trinajstić information content (AvgIpc) is 1.85. The van der Waals surface area contributed by atoms with E-state index < -0.39 is 0 Å². The van der Waals surface area contributed by atoms with Crippen molar-refractivity contribution in [2.24, 2.45) is 5.73 Å². The van der Waals surface area contributed by atoms with E-state index >= 15 is 0 Å². The first-order valence-corrected chi connectivity index (χ1v) is 3.78. The molecule has 0 heterocycles. The summed E-state index contributed by atoms with van der Waals surface area (Å²) >= 11 is 1.11. The highest BCUT2D eigenvalue weighted by molar-refractivity contribution is 7.96. The van der Waals surface area contributed by atoms with E-state index in [2.05, 4.69) is 0 Å². The van der Waals surface area contributed by atoms with Crippen LogP contribution < -0.4 is 5.73 Å². The normalized spacial score (nSPS) is 11.2. The van der Waals surface area contributed by atoms with Crippen molar-refractivity contribution < 1.29 is 8.98 Å². The van der Waals surface area contributed by atoms with Crippen molar-refractivity contribution >= 4 is 18.0 Å². The van der Waals surface area contributed by atoms with Crippen LogP contribution in [-0.2, 0) is 8.98 Å². The van der Waals surface area contributed by atoms with Gasteiger partial charge in [0.15, 0.2) is 0 Å². The molecule has 0 aliphatic carbocycles. The largest absolute Gasteiger partial charge is 0.391 e. The molecule has 0 amide bonds. The maximum absolute atomic E-state index is 10.3. The van der Waals surface area contributed by atoms with Gasteiger partial charge in [0, 0.05) is 13.5 Å². The minimum absolute atomic E-state index is 0.175. The van der Waals surface area contributed by atoms with E-state index in [0.29, 0.717) is 6.54 Å². The van der Waals surface area contributed by atoms with E-state index in [1.807, 2.05) is 13.8 Å². The highest BCUT2D eigenvalue weighted by Gasteiger charge is 2.18. The number of carbonyl (C=O) groups is 1. The summed E-state index contributed by atoms with van der Waals surface area (Å²) in [5.74, 6) is -0.286. The number of nitrogens with two attached hydrogens (primary N) is 1. The summed E-state index contributed by atoms with van der Waals surface area (Å²) in [5, 5.41) is 0. The van der Waals surface area contributed by atoms with Gasteiger partial charge in [-0.25, -0.2) is 0 Å². The van der Waals surface area contributed by atoms with Crippen LogP contribution in [-0.4, -0.2) is 17.3 Å². The Bertz CT molecular complexity index is 125. The molecule has 10 heavy (non-hydrogen) atoms. The molecule has 0 radical (unpaired) electrons. The first-order chi connectivity index (χ1) is 4.48. The summed E-state index contributed by atoms with van der Waals surface area (Å²) in [7, 11) is 0. The predicted octanol–water partition coefficient (Wildman–Crippen LogP) is 0.935. The molecule has 0 unspecified atom stereocenters. The molecule has 0 rings (SSSR count). The van der Waals surface area contributed by atoms with Gasteiger partial charge in [-0.1, -0.05) is 0 Å². The fourth-order valence-electron chi connectivity index (χ4n) is 0.205. The Labute approximate surface area is 65.5 Å². The standard InChI is InChI=1S/C6H13NO2S/c1-5(8)9-10-6(2,3)4-7/h4,7H2,1-3H3. The highest BCUT2D eigenvalue weighted by atomic mass is 32.2. The second kappa shape index (κ2) is 3.83. The molecule has 0 fully saturated rings. The van der Waals surface area contributed by atoms with Crippen molar-refractivity contribution in [3.05, 3.63) is 0 Å². The average molecular weight is 163 g/mol. The predicted molar refractivity (Wildman–Crippen MR) is 42.5 cm³/mol. The van der Waals surface area contributed by atoms with Crippen molar-refractivity contribution in [1.29, 1.82) is 0 Å². The molecule has 0 aromatic heterocycles. The zero-order valence-corrected chi connectivity index (χ0v) is 7.33. The van der Waals surface area contributed by atoms with Gasteiger partial charge in [0.25, 0.3) is 0 Å². The molecule has 0 aromatic carbocycles. The number of hydrogen-bond donors (Lipinski definition) is 1. The molecule has 0 aliphatic heterocycles. The Balaban J connectivity index is 3.56. The second-order valence-corrected chi connectivity index (χ2v) is 4.06. The lowest BCUT2D eigenvalue weighted by atomic mass is 10.2. The van der Waals surface area contributed by atoms with Crippen LogP contribution in [0.1, 0.15) is 20.8 Å². The monoisotopic (exact) mass is 163 g/mol. The third-order valence-electron chi connectivity index (χ3n) is 0.876. The van der Waals surface area contributed by atoms with Crippen LogP contribution in [0.25, 0.3) is 0 Å². The van der Waals surface area contributed by atoms with Gasteiger partial charge in [0.05, 0.1) is 16.8 Å². The van der Waals surface area contributed by atoms with E-state index in [0.717, 1.165) is 12.0 Å². The van der Waals surface area contributed by atoms with Crippen molar-refractivity contribution in [1.82, 2.24) is 0 Å². The van der Waals surface area contributed by atoms with Gasteiger partial charge in [0.2, 0.25) is 0 Å². The van der Waals surface area contributed by atoms with Gasteiger partial charge in [0.1, 0.15) is 0 Å². The van der Waals surface area contributed by atoms with Crippen LogP contribution in [0.3, 0.4) is 0 Å². The molecule has 0 aromatic rings. The Kier molecular flexibility index (Phi) is 3.75. The number of carbonyl (C=O) groups excluding carboxylic acids is 1. The van der Waals surface area contributed by atoms with E-state index in [-0.39, 0.29) is 10.7 Å². The lowest BCUT2D eigenvalue weighted by molar-refractivity contribution is -0.130. The Morgan fingerprint density at radius 2 is 2.20 bits per heavy atom. The van der Waals surface area contributed by atoms with Crippen LogP contribution in [0.2, 0.25) is 0 Å². The maximum atomic E-state index is 10.3. The summed E-state index contributed by atoms with van der Waals surface area (Å²) in [5.41, 5.74) is 5.38. The van der Waals surface area contributed by atoms with E-state index in [1.165, 1.54) is 6.92 Å². The van der Waals surface area contributed by atoms with Gasteiger partial charge in [-0.3, -0.25) is 4.79 Å². The highest BCUT2D eigenvalue weighted by Crippen LogP contribution is 2.23. The van der Waals surface area contributed by atoms with Gasteiger partial charge < -0.3 is 9.92 Å². The van der Waals surface area contributed by atoms with Crippen LogP contribution in [0.5, 0.6) is 0 Å². The Morgan fingerprint density at radius 3 is 2.50 bits per heavy atom. The molecule has 3 nitrogen and oxygen atoms in total. The van der Waals surface area contributed by atoms with Crippen molar-refractivity contribution in [3.8, 4) is 0 Å². The molecule has 0 atom stereocenters. The van der Waals surface area contributed by atoms with Gasteiger partial charge in [-0.2, -0.15) is 0 Å². The van der Waals surface area contributed by atoms with Crippen LogP contribution in [0.4, 0.5) is 0 Å². The summed E-state index contributed by atoms with van der Waals surface area (Å²) in [6, 6.07) is 0. The minimum Gasteiger partial charge on any atom is -0.391 e. The lowest BCUT2D eigenvalue weighted by Gasteiger charge is -2.18. The molecule has 0 aliphatic rings. The van der Waals surface area contributed by atoms with Crippen molar-refractivity contribution in [2.75, 3.05) is 6.54 Å². The van der Waals surface area contributed by atoms with Crippen LogP contribution in [0, 0.1) is 0 Å². The summed E-state index contributed by atoms with van der Waals surface area (Å²) < 4.78 is 4.52. The summed E-state index contributed by atoms with van der Waals surface area (Å²) in [6.45, 7) is 5.70. The molecular formula is C6H13NO2S. The topological polar surface area (TPSA) is 52.3 Å². The first-order valence-electron chi connectivity index (χ1n) is 3.04. The van der Waals surface area contributed by atoms with Crippen molar-refractivity contribution in [3.63, 3.8) is 0 Å². The molecule has 0 saturated carbocycles. The van der Waals surface area contributed by atoms with Crippen LogP contribution >= 0.6 is 12.0 Å². The van der Waals surface area contributed by atoms with Gasteiger partial charge >= 0.3 is 5.97 Å². The molecule has 0 bridgehead atoms. The zero-order chi connectivity index (χ0) is 8.20. The molecule has 0 spiro atoms. The lowest BCUT2D eigenvalue weighted by Crippen LogP contribution is -2.27. The first kappa shape index (κ1) is 9.78. The number of hydrogen-bond acceptors (Lipinski definition) is 4. The van der Waals surface area contributed by atoms with Gasteiger partial charge in [-0.05, 0) is 13.8 Å². The second-order valence-electron chi connectivity index (χ2n) is 2.62. The van der Waals surface area contributed by atoms with Gasteiger partial charge in [-0.15, -0.1) is 0 Å².